The first-order valence-electron chi connectivity index (χ1n) is 12.1. The molecule has 4 rings (SSSR count). The Kier molecular flexibility index (Phi) is 7.63. The van der Waals surface area contributed by atoms with Gasteiger partial charge in [-0.3, -0.25) is 14.9 Å². The van der Waals surface area contributed by atoms with Gasteiger partial charge in [0.15, 0.2) is 0 Å². The first-order chi connectivity index (χ1) is 15.5. The van der Waals surface area contributed by atoms with Crippen molar-refractivity contribution >= 4 is 23.2 Å². The van der Waals surface area contributed by atoms with E-state index in [9.17, 15) is 14.0 Å². The molecular formula is C24H36FN5O2. The number of rotatable bonds is 7. The average molecular weight is 446 g/mol. The van der Waals surface area contributed by atoms with E-state index in [1.807, 2.05) is 6.07 Å². The van der Waals surface area contributed by atoms with E-state index >= 15 is 0 Å². The number of anilines is 2. The van der Waals surface area contributed by atoms with Gasteiger partial charge in [-0.05, 0) is 81.6 Å². The molecule has 7 nitrogen and oxygen atoms in total. The van der Waals surface area contributed by atoms with Crippen LogP contribution in [-0.4, -0.2) is 50.1 Å². The molecule has 8 heteroatoms. The van der Waals surface area contributed by atoms with E-state index < -0.39 is 0 Å². The van der Waals surface area contributed by atoms with Crippen LogP contribution in [0.3, 0.4) is 0 Å². The van der Waals surface area contributed by atoms with Crippen LogP contribution in [0.2, 0.25) is 0 Å². The minimum Gasteiger partial charge on any atom is -0.381 e. The Morgan fingerprint density at radius 2 is 1.59 bits per heavy atom. The molecule has 32 heavy (non-hydrogen) atoms. The largest absolute Gasteiger partial charge is 0.381 e. The van der Waals surface area contributed by atoms with Crippen LogP contribution in [0, 0.1) is 17.7 Å². The lowest BCUT2D eigenvalue weighted by Crippen LogP contribution is -2.43. The normalized spacial score (nSPS) is 25.6. The highest BCUT2D eigenvalue weighted by molar-refractivity contribution is 5.98. The number of carbonyl (C=O) groups is 2. The molecule has 0 aromatic heterocycles. The zero-order valence-electron chi connectivity index (χ0n) is 18.7. The summed E-state index contributed by atoms with van der Waals surface area (Å²) >= 11 is 0. The third-order valence-corrected chi connectivity index (χ3v) is 7.17. The number of hydrogen-bond acceptors (Lipinski definition) is 6. The van der Waals surface area contributed by atoms with Crippen LogP contribution >= 0.6 is 0 Å². The fraction of sp³-hybridized carbons (Fsp3) is 0.667. The van der Waals surface area contributed by atoms with E-state index in [2.05, 4.69) is 20.9 Å². The lowest BCUT2D eigenvalue weighted by atomic mass is 9.86. The van der Waals surface area contributed by atoms with Crippen LogP contribution in [0.15, 0.2) is 18.2 Å². The molecule has 3 fully saturated rings. The molecule has 2 saturated heterocycles. The van der Waals surface area contributed by atoms with Gasteiger partial charge in [-0.2, -0.15) is 0 Å². The van der Waals surface area contributed by atoms with Crippen molar-refractivity contribution in [3.05, 3.63) is 24.0 Å². The summed E-state index contributed by atoms with van der Waals surface area (Å²) in [5.74, 6) is 0.536. The number of hydrogen-bond donors (Lipinski definition) is 4. The summed E-state index contributed by atoms with van der Waals surface area (Å²) in [5.41, 5.74) is 7.21. The van der Waals surface area contributed by atoms with Gasteiger partial charge in [-0.25, -0.2) is 4.39 Å². The van der Waals surface area contributed by atoms with Crippen LogP contribution in [0.25, 0.3) is 0 Å². The third-order valence-electron chi connectivity index (χ3n) is 7.17. The lowest BCUT2D eigenvalue weighted by Gasteiger charge is -2.34. The van der Waals surface area contributed by atoms with E-state index in [1.165, 1.54) is 18.9 Å². The Morgan fingerprint density at radius 3 is 2.22 bits per heavy atom. The van der Waals surface area contributed by atoms with Gasteiger partial charge in [0.1, 0.15) is 5.82 Å². The second-order valence-electron chi connectivity index (χ2n) is 9.76. The zero-order valence-corrected chi connectivity index (χ0v) is 18.7. The first kappa shape index (κ1) is 23.0. The Balaban J connectivity index is 1.21. The van der Waals surface area contributed by atoms with E-state index in [-0.39, 0.29) is 36.5 Å². The number of piperidine rings is 2. The topological polar surface area (TPSA) is 99.5 Å². The van der Waals surface area contributed by atoms with Gasteiger partial charge < -0.3 is 21.3 Å². The van der Waals surface area contributed by atoms with Gasteiger partial charge in [0.25, 0.3) is 0 Å². The van der Waals surface area contributed by atoms with Crippen molar-refractivity contribution in [1.82, 2.24) is 10.6 Å². The maximum absolute atomic E-state index is 14.8. The molecule has 176 valence electrons. The summed E-state index contributed by atoms with van der Waals surface area (Å²) in [7, 11) is 0. The maximum Gasteiger partial charge on any atom is 0.228 e. The number of imide groups is 1. The summed E-state index contributed by atoms with van der Waals surface area (Å²) in [5, 5.41) is 9.07. The van der Waals surface area contributed by atoms with Crippen LogP contribution in [0.4, 0.5) is 15.8 Å². The molecule has 2 heterocycles. The van der Waals surface area contributed by atoms with Gasteiger partial charge in [0.05, 0.1) is 5.69 Å². The standard InChI is InChI=1S/C24H36FN5O2/c25-21-11-19(28-20-12-23(31)29-24(32)13-20)5-6-22(21)30-9-7-17(8-10-30)15-27-14-16-1-3-18(26)4-2-16/h5-6,11,16-18,20,27-28H,1-4,7-10,12-15,26H2,(H,29,31,32). The maximum atomic E-state index is 14.8. The monoisotopic (exact) mass is 445 g/mol. The van der Waals surface area contributed by atoms with Gasteiger partial charge in [0, 0.05) is 43.7 Å². The van der Waals surface area contributed by atoms with Crippen molar-refractivity contribution in [2.75, 3.05) is 36.4 Å². The van der Waals surface area contributed by atoms with Crippen molar-refractivity contribution in [2.24, 2.45) is 17.6 Å². The van der Waals surface area contributed by atoms with E-state index in [4.69, 9.17) is 5.73 Å². The molecule has 2 aliphatic heterocycles. The number of nitrogens with one attached hydrogen (secondary N) is 3. The predicted octanol–water partition coefficient (Wildman–Crippen LogP) is 2.37. The highest BCUT2D eigenvalue weighted by atomic mass is 19.1. The summed E-state index contributed by atoms with van der Waals surface area (Å²) in [6.45, 7) is 3.83. The summed E-state index contributed by atoms with van der Waals surface area (Å²) in [6.07, 6.45) is 7.32. The number of nitrogens with two attached hydrogens (primary N) is 1. The molecule has 1 saturated carbocycles. The summed E-state index contributed by atoms with van der Waals surface area (Å²) in [4.78, 5) is 25.2. The van der Waals surface area contributed by atoms with Crippen molar-refractivity contribution in [1.29, 1.82) is 0 Å². The number of halogens is 1. The minimum absolute atomic E-state index is 0.213. The van der Waals surface area contributed by atoms with Crippen molar-refractivity contribution in [3.8, 4) is 0 Å². The van der Waals surface area contributed by atoms with Crippen LogP contribution < -0.4 is 26.6 Å². The predicted molar refractivity (Wildman–Crippen MR) is 124 cm³/mol. The van der Waals surface area contributed by atoms with Crippen molar-refractivity contribution in [2.45, 2.75) is 63.5 Å². The number of carbonyl (C=O) groups excluding carboxylic acids is 2. The molecule has 0 spiro atoms. The minimum atomic E-state index is -0.296. The fourth-order valence-corrected chi connectivity index (χ4v) is 5.23. The van der Waals surface area contributed by atoms with Crippen LogP contribution in [0.1, 0.15) is 51.4 Å². The molecule has 1 aromatic carbocycles. The second-order valence-corrected chi connectivity index (χ2v) is 9.76. The number of benzene rings is 1. The molecule has 1 aromatic rings. The zero-order chi connectivity index (χ0) is 22.5. The second kappa shape index (κ2) is 10.6. The Bertz CT molecular complexity index is 788. The highest BCUT2D eigenvalue weighted by Gasteiger charge is 2.26. The van der Waals surface area contributed by atoms with Crippen molar-refractivity contribution in [3.63, 3.8) is 0 Å². The molecule has 5 N–H and O–H groups in total. The third kappa shape index (κ3) is 6.19. The lowest BCUT2D eigenvalue weighted by molar-refractivity contribution is -0.133. The smallest absolute Gasteiger partial charge is 0.228 e. The highest BCUT2D eigenvalue weighted by Crippen LogP contribution is 2.28. The summed E-state index contributed by atoms with van der Waals surface area (Å²) < 4.78 is 14.8. The molecule has 3 aliphatic rings. The molecule has 1 aliphatic carbocycles. The van der Waals surface area contributed by atoms with Gasteiger partial charge in [-0.15, -0.1) is 0 Å². The van der Waals surface area contributed by atoms with Crippen LogP contribution in [0.5, 0.6) is 0 Å². The molecular weight excluding hydrogens is 409 g/mol. The molecule has 0 unspecified atom stereocenters. The van der Waals surface area contributed by atoms with E-state index in [0.29, 0.717) is 23.3 Å². The van der Waals surface area contributed by atoms with E-state index in [1.54, 1.807) is 6.07 Å². The Morgan fingerprint density at radius 1 is 0.969 bits per heavy atom. The fourth-order valence-electron chi connectivity index (χ4n) is 5.23. The number of amides is 2. The van der Waals surface area contributed by atoms with Gasteiger partial charge >= 0.3 is 0 Å². The quantitative estimate of drug-likeness (QED) is 0.481. The average Bonchev–Trinajstić information content (AvgIpc) is 2.75. The molecule has 0 atom stereocenters. The number of nitrogens with zero attached hydrogens (tertiary/aromatic N) is 1. The van der Waals surface area contributed by atoms with Gasteiger partial charge in [0.2, 0.25) is 11.8 Å². The van der Waals surface area contributed by atoms with E-state index in [0.717, 1.165) is 57.8 Å². The summed E-state index contributed by atoms with van der Waals surface area (Å²) in [6, 6.07) is 5.21. The SMILES string of the molecule is NC1CCC(CNCC2CCN(c3ccc(NC4CC(=O)NC(=O)C4)cc3F)CC2)CC1. The van der Waals surface area contributed by atoms with Crippen molar-refractivity contribution < 1.29 is 14.0 Å². The van der Waals surface area contributed by atoms with Crippen LogP contribution in [-0.2, 0) is 9.59 Å². The molecule has 0 bridgehead atoms. The molecule has 0 radical (unpaired) electrons. The molecule has 2 amide bonds. The Labute approximate surface area is 189 Å². The first-order valence-corrected chi connectivity index (χ1v) is 12.1. The van der Waals surface area contributed by atoms with Gasteiger partial charge in [-0.1, -0.05) is 0 Å². The Hall–Kier alpha value is -2.19.